The highest BCUT2D eigenvalue weighted by molar-refractivity contribution is 7.07. The number of amides is 2. The van der Waals surface area contributed by atoms with E-state index in [1.54, 1.807) is 40.7 Å². The molecular formula is C34H32N4O6S. The van der Waals surface area contributed by atoms with Crippen molar-refractivity contribution < 1.29 is 23.8 Å². The van der Waals surface area contributed by atoms with E-state index in [1.807, 2.05) is 60.7 Å². The van der Waals surface area contributed by atoms with Crippen molar-refractivity contribution in [2.24, 2.45) is 4.99 Å². The van der Waals surface area contributed by atoms with Crippen molar-refractivity contribution in [3.63, 3.8) is 0 Å². The number of anilines is 1. The smallest absolute Gasteiger partial charge is 0.271 e. The van der Waals surface area contributed by atoms with Crippen LogP contribution in [0.25, 0.3) is 6.08 Å². The van der Waals surface area contributed by atoms with Gasteiger partial charge >= 0.3 is 0 Å². The molecule has 4 aromatic rings. The molecule has 0 bridgehead atoms. The third-order valence-electron chi connectivity index (χ3n) is 7.61. The zero-order valence-electron chi connectivity index (χ0n) is 24.9. The molecule has 2 amide bonds. The molecule has 45 heavy (non-hydrogen) atoms. The van der Waals surface area contributed by atoms with Gasteiger partial charge in [-0.3, -0.25) is 19.0 Å². The van der Waals surface area contributed by atoms with Gasteiger partial charge in [-0.05, 0) is 48.4 Å². The second-order valence-corrected chi connectivity index (χ2v) is 11.5. The summed E-state index contributed by atoms with van der Waals surface area (Å²) in [4.78, 5) is 47.1. The van der Waals surface area contributed by atoms with Crippen molar-refractivity contribution in [3.8, 4) is 11.5 Å². The molecule has 0 unspecified atom stereocenters. The third kappa shape index (κ3) is 6.45. The van der Waals surface area contributed by atoms with Crippen molar-refractivity contribution in [1.82, 2.24) is 9.47 Å². The fraction of sp³-hybridized carbons (Fsp3) is 0.235. The van der Waals surface area contributed by atoms with Crippen molar-refractivity contribution in [3.05, 3.63) is 121 Å². The molecule has 0 radical (unpaired) electrons. The highest BCUT2D eigenvalue weighted by Gasteiger charge is 2.32. The summed E-state index contributed by atoms with van der Waals surface area (Å²) in [5.74, 6) is 0.416. The summed E-state index contributed by atoms with van der Waals surface area (Å²) in [6, 6.07) is 23.3. The maximum absolute atomic E-state index is 14.0. The predicted molar refractivity (Wildman–Crippen MR) is 171 cm³/mol. The standard InChI is InChI=1S/C34H32N4O6S/c1-22-30(32(40)36-25-11-7-4-8-12-25)31(24-9-5-3-6-10-24)38-33(41)28(45-34(38)35-22)20-23-13-14-26(27(19-23)42-2)44-21-29(39)37-15-17-43-18-16-37/h3-14,19-20,31H,15-18,21H2,1-2H3,(H,36,40)/b28-20+/t31-/m1/s1. The number of hydrogen-bond acceptors (Lipinski definition) is 8. The molecule has 0 spiro atoms. The van der Waals surface area contributed by atoms with Gasteiger partial charge in [-0.1, -0.05) is 65.9 Å². The van der Waals surface area contributed by atoms with Crippen LogP contribution in [-0.4, -0.2) is 61.3 Å². The van der Waals surface area contributed by atoms with E-state index in [9.17, 15) is 14.4 Å². The summed E-state index contributed by atoms with van der Waals surface area (Å²) in [7, 11) is 1.52. The van der Waals surface area contributed by atoms with Gasteiger partial charge in [0.15, 0.2) is 22.9 Å². The Hall–Kier alpha value is -5.00. The van der Waals surface area contributed by atoms with Crippen LogP contribution >= 0.6 is 11.3 Å². The molecule has 1 atom stereocenters. The number of rotatable bonds is 8. The van der Waals surface area contributed by atoms with Gasteiger partial charge in [-0.15, -0.1) is 0 Å². The molecule has 0 aliphatic carbocycles. The van der Waals surface area contributed by atoms with E-state index < -0.39 is 6.04 Å². The molecule has 1 aromatic heterocycles. The number of methoxy groups -OCH3 is 1. The number of allylic oxidation sites excluding steroid dienone is 1. The maximum Gasteiger partial charge on any atom is 0.271 e. The maximum atomic E-state index is 14.0. The van der Waals surface area contributed by atoms with Crippen LogP contribution in [-0.2, 0) is 14.3 Å². The number of thiazole rings is 1. The Morgan fingerprint density at radius 2 is 1.73 bits per heavy atom. The molecule has 1 fully saturated rings. The molecule has 2 aliphatic rings. The lowest BCUT2D eigenvalue weighted by Crippen LogP contribution is -2.43. The molecule has 0 saturated carbocycles. The SMILES string of the molecule is COc1cc(/C=c2/sc3n(c2=O)[C@H](c2ccccc2)C(C(=O)Nc2ccccc2)=C(C)N=3)ccc1OCC(=O)N1CCOCC1. The van der Waals surface area contributed by atoms with Gasteiger partial charge in [-0.25, -0.2) is 4.99 Å². The number of morpholine rings is 1. The Balaban J connectivity index is 1.32. The molecule has 3 heterocycles. The van der Waals surface area contributed by atoms with E-state index in [2.05, 4.69) is 5.32 Å². The largest absolute Gasteiger partial charge is 0.493 e. The summed E-state index contributed by atoms with van der Waals surface area (Å²) in [5.41, 5.74) is 2.84. The highest BCUT2D eigenvalue weighted by atomic mass is 32.1. The Kier molecular flexibility index (Phi) is 8.90. The number of carbonyl (C=O) groups is 2. The molecule has 11 heteroatoms. The van der Waals surface area contributed by atoms with E-state index in [1.165, 1.54) is 18.4 Å². The molecule has 2 aliphatic heterocycles. The average molecular weight is 625 g/mol. The quantitative estimate of drug-likeness (QED) is 0.323. The summed E-state index contributed by atoms with van der Waals surface area (Å²) < 4.78 is 18.7. The molecule has 1 saturated heterocycles. The molecule has 10 nitrogen and oxygen atoms in total. The molecular weight excluding hydrogens is 592 g/mol. The second kappa shape index (κ2) is 13.3. The molecule has 3 aromatic carbocycles. The number of benzene rings is 3. The Morgan fingerprint density at radius 1 is 1.02 bits per heavy atom. The molecule has 1 N–H and O–H groups in total. The van der Waals surface area contributed by atoms with Crippen LogP contribution < -0.4 is 29.7 Å². The minimum absolute atomic E-state index is 0.118. The van der Waals surface area contributed by atoms with Crippen molar-refractivity contribution in [2.45, 2.75) is 13.0 Å². The van der Waals surface area contributed by atoms with E-state index in [-0.39, 0.29) is 24.0 Å². The van der Waals surface area contributed by atoms with Crippen molar-refractivity contribution in [2.75, 3.05) is 45.3 Å². The van der Waals surface area contributed by atoms with Crippen LogP contribution in [0.3, 0.4) is 0 Å². The van der Waals surface area contributed by atoms with Crippen LogP contribution in [0.1, 0.15) is 24.1 Å². The Morgan fingerprint density at radius 3 is 2.44 bits per heavy atom. The van der Waals surface area contributed by atoms with Gasteiger partial charge < -0.3 is 24.4 Å². The summed E-state index contributed by atoms with van der Waals surface area (Å²) >= 11 is 1.25. The first-order valence-electron chi connectivity index (χ1n) is 14.5. The van der Waals surface area contributed by atoms with E-state index >= 15 is 0 Å². The fourth-order valence-electron chi connectivity index (χ4n) is 5.37. The van der Waals surface area contributed by atoms with Gasteiger partial charge in [0.05, 0.1) is 42.2 Å². The third-order valence-corrected chi connectivity index (χ3v) is 8.60. The number of aromatic nitrogens is 1. The lowest BCUT2D eigenvalue weighted by atomic mass is 9.95. The highest BCUT2D eigenvalue weighted by Crippen LogP contribution is 2.31. The first-order chi connectivity index (χ1) is 21.9. The van der Waals surface area contributed by atoms with Crippen LogP contribution in [0.15, 0.2) is 99.9 Å². The van der Waals surface area contributed by atoms with Gasteiger partial charge in [0.2, 0.25) is 0 Å². The number of fused-ring (bicyclic) bond motifs is 1. The van der Waals surface area contributed by atoms with Gasteiger partial charge in [0, 0.05) is 18.8 Å². The van der Waals surface area contributed by atoms with Crippen LogP contribution in [0.4, 0.5) is 5.69 Å². The minimum atomic E-state index is -0.664. The van der Waals surface area contributed by atoms with Crippen molar-refractivity contribution in [1.29, 1.82) is 0 Å². The number of hydrogen-bond donors (Lipinski definition) is 1. The predicted octanol–water partition coefficient (Wildman–Crippen LogP) is 3.12. The Labute approximate surface area is 263 Å². The molecule has 6 rings (SSSR count). The number of nitrogens with zero attached hydrogens (tertiary/aromatic N) is 3. The lowest BCUT2D eigenvalue weighted by Gasteiger charge is -2.26. The summed E-state index contributed by atoms with van der Waals surface area (Å²) in [5, 5.41) is 2.96. The first-order valence-corrected chi connectivity index (χ1v) is 15.3. The van der Waals surface area contributed by atoms with Gasteiger partial charge in [-0.2, -0.15) is 0 Å². The van der Waals surface area contributed by atoms with Crippen LogP contribution in [0, 0.1) is 0 Å². The van der Waals surface area contributed by atoms with Crippen LogP contribution in [0.5, 0.6) is 11.5 Å². The zero-order chi connectivity index (χ0) is 31.3. The van der Waals surface area contributed by atoms with E-state index in [0.29, 0.717) is 69.7 Å². The summed E-state index contributed by atoms with van der Waals surface area (Å²) in [6.07, 6.45) is 1.76. The second-order valence-electron chi connectivity index (χ2n) is 10.5. The Bertz CT molecular complexity index is 1930. The van der Waals surface area contributed by atoms with Gasteiger partial charge in [0.1, 0.15) is 0 Å². The monoisotopic (exact) mass is 624 g/mol. The number of carbonyl (C=O) groups excluding carboxylic acids is 2. The number of ether oxygens (including phenoxy) is 3. The van der Waals surface area contributed by atoms with Crippen LogP contribution in [0.2, 0.25) is 0 Å². The lowest BCUT2D eigenvalue weighted by molar-refractivity contribution is -0.137. The normalized spacial score (nSPS) is 16.5. The summed E-state index contributed by atoms with van der Waals surface area (Å²) in [6.45, 7) is 3.79. The fourth-order valence-corrected chi connectivity index (χ4v) is 6.42. The first kappa shape index (κ1) is 30.0. The topological polar surface area (TPSA) is 111 Å². The van der Waals surface area contributed by atoms with Gasteiger partial charge in [0.25, 0.3) is 17.4 Å². The molecule has 230 valence electrons. The average Bonchev–Trinajstić information content (AvgIpc) is 3.37. The number of para-hydroxylation sites is 1. The van der Waals surface area contributed by atoms with E-state index in [0.717, 1.165) is 5.56 Å². The van der Waals surface area contributed by atoms with E-state index in [4.69, 9.17) is 19.2 Å². The zero-order valence-corrected chi connectivity index (χ0v) is 25.7. The number of nitrogens with one attached hydrogen (secondary N) is 1. The van der Waals surface area contributed by atoms with Crippen molar-refractivity contribution >= 4 is 34.9 Å². The minimum Gasteiger partial charge on any atom is -0.493 e.